The van der Waals surface area contributed by atoms with Crippen molar-refractivity contribution in [1.29, 1.82) is 0 Å². The lowest BCUT2D eigenvalue weighted by molar-refractivity contribution is 0.281. The third-order valence-electron chi connectivity index (χ3n) is 3.30. The van der Waals surface area contributed by atoms with Crippen LogP contribution < -0.4 is 4.90 Å². The number of hydrogen-bond donors (Lipinski definition) is 1. The summed E-state index contributed by atoms with van der Waals surface area (Å²) in [6.07, 6.45) is 1.07. The molecule has 0 heterocycles. The van der Waals surface area contributed by atoms with E-state index < -0.39 is 0 Å². The average Bonchev–Trinajstić information content (AvgIpc) is 2.28. The number of para-hydroxylation sites is 1. The summed E-state index contributed by atoms with van der Waals surface area (Å²) >= 11 is 0. The van der Waals surface area contributed by atoms with Crippen LogP contribution in [-0.4, -0.2) is 17.7 Å². The fraction of sp³-hybridized carbons (Fsp3) is 0.538. The second-order valence-corrected chi connectivity index (χ2v) is 4.51. The van der Waals surface area contributed by atoms with Crippen LogP contribution in [0, 0.1) is 0 Å². The molecule has 0 unspecified atom stereocenters. The summed E-state index contributed by atoms with van der Waals surface area (Å²) in [4.78, 5) is 2.23. The minimum atomic E-state index is 0.0975. The highest BCUT2D eigenvalue weighted by Crippen LogP contribution is 2.27. The number of anilines is 1. The van der Waals surface area contributed by atoms with Crippen LogP contribution in [0.3, 0.4) is 0 Å². The molecule has 0 bridgehead atoms. The molecule has 1 aromatic carbocycles. The second-order valence-electron chi connectivity index (χ2n) is 4.51. The van der Waals surface area contributed by atoms with Crippen LogP contribution in [0.5, 0.6) is 0 Å². The van der Waals surface area contributed by atoms with Gasteiger partial charge in [-0.15, -0.1) is 0 Å². The van der Waals surface area contributed by atoms with Gasteiger partial charge in [-0.1, -0.05) is 25.1 Å². The molecule has 0 saturated heterocycles. The van der Waals surface area contributed by atoms with Gasteiger partial charge in [0, 0.05) is 23.8 Å². The van der Waals surface area contributed by atoms with Crippen molar-refractivity contribution in [2.45, 2.75) is 39.3 Å². The zero-order valence-electron chi connectivity index (χ0n) is 10.1. The maximum absolute atomic E-state index is 9.28. The summed E-state index contributed by atoms with van der Waals surface area (Å²) in [6, 6.07) is 8.00. The van der Waals surface area contributed by atoms with Crippen molar-refractivity contribution in [3.05, 3.63) is 29.8 Å². The summed E-state index contributed by atoms with van der Waals surface area (Å²) in [5.74, 6) is 0. The van der Waals surface area contributed by atoms with E-state index in [-0.39, 0.29) is 12.1 Å². The van der Waals surface area contributed by atoms with E-state index in [1.54, 1.807) is 0 Å². The summed E-state index contributed by atoms with van der Waals surface area (Å²) in [7, 11) is 2.08. The predicted octanol–water partition coefficient (Wildman–Crippen LogP) is 2.80. The molecule has 2 heteroatoms. The van der Waals surface area contributed by atoms with Gasteiger partial charge in [0.2, 0.25) is 0 Å². The van der Waals surface area contributed by atoms with Gasteiger partial charge >= 0.3 is 0 Å². The normalized spacial score (nSPS) is 11.5. The Hall–Kier alpha value is -1.02. The molecule has 2 nitrogen and oxygen atoms in total. The molecule has 0 saturated carbocycles. The third kappa shape index (κ3) is 2.51. The molecular weight excluding hydrogens is 186 g/mol. The Morgan fingerprint density at radius 3 is 2.40 bits per heavy atom. The Kier molecular flexibility index (Phi) is 3.75. The zero-order chi connectivity index (χ0) is 11.5. The van der Waals surface area contributed by atoms with Crippen molar-refractivity contribution in [3.8, 4) is 0 Å². The molecule has 0 amide bonds. The summed E-state index contributed by atoms with van der Waals surface area (Å²) in [5, 5.41) is 9.28. The number of benzene rings is 1. The molecule has 0 radical (unpaired) electrons. The van der Waals surface area contributed by atoms with E-state index in [1.807, 2.05) is 18.2 Å². The Balaban J connectivity index is 3.05. The molecule has 1 N–H and O–H groups in total. The largest absolute Gasteiger partial charge is 0.392 e. The number of aliphatic hydroxyl groups is 1. The fourth-order valence-corrected chi connectivity index (χ4v) is 1.53. The van der Waals surface area contributed by atoms with E-state index in [9.17, 15) is 5.11 Å². The van der Waals surface area contributed by atoms with Crippen LogP contribution in [0.25, 0.3) is 0 Å². The molecule has 0 aliphatic carbocycles. The van der Waals surface area contributed by atoms with Crippen molar-refractivity contribution >= 4 is 5.69 Å². The monoisotopic (exact) mass is 207 g/mol. The quantitative estimate of drug-likeness (QED) is 0.820. The van der Waals surface area contributed by atoms with Crippen molar-refractivity contribution in [2.75, 3.05) is 11.9 Å². The van der Waals surface area contributed by atoms with Crippen molar-refractivity contribution < 1.29 is 5.11 Å². The molecule has 1 rings (SSSR count). The van der Waals surface area contributed by atoms with Crippen LogP contribution in [0.2, 0.25) is 0 Å². The number of nitrogens with zero attached hydrogens (tertiary/aromatic N) is 1. The molecule has 0 atom stereocenters. The lowest BCUT2D eigenvalue weighted by atomic mass is 9.98. The number of rotatable bonds is 4. The van der Waals surface area contributed by atoms with E-state index >= 15 is 0 Å². The Bertz CT molecular complexity index is 320. The molecule has 15 heavy (non-hydrogen) atoms. The highest BCUT2D eigenvalue weighted by atomic mass is 16.3. The van der Waals surface area contributed by atoms with Gasteiger partial charge in [-0.25, -0.2) is 0 Å². The first-order valence-electron chi connectivity index (χ1n) is 5.45. The average molecular weight is 207 g/mol. The Labute approximate surface area is 92.5 Å². The predicted molar refractivity (Wildman–Crippen MR) is 65.1 cm³/mol. The molecule has 0 aliphatic heterocycles. The fourth-order valence-electron chi connectivity index (χ4n) is 1.53. The highest BCUT2D eigenvalue weighted by Gasteiger charge is 2.22. The third-order valence-corrected chi connectivity index (χ3v) is 3.30. The van der Waals surface area contributed by atoms with Crippen LogP contribution in [0.15, 0.2) is 24.3 Å². The van der Waals surface area contributed by atoms with Crippen molar-refractivity contribution in [2.24, 2.45) is 0 Å². The first kappa shape index (κ1) is 12.1. The SMILES string of the molecule is CCC(C)(C)N(C)c1ccccc1CO. The smallest absolute Gasteiger partial charge is 0.0702 e. The lowest BCUT2D eigenvalue weighted by Gasteiger charge is -2.37. The lowest BCUT2D eigenvalue weighted by Crippen LogP contribution is -2.41. The van der Waals surface area contributed by atoms with Crippen LogP contribution >= 0.6 is 0 Å². The van der Waals surface area contributed by atoms with Gasteiger partial charge in [-0.05, 0) is 26.3 Å². The molecule has 0 spiro atoms. The highest BCUT2D eigenvalue weighted by molar-refractivity contribution is 5.54. The molecule has 0 aliphatic rings. The van der Waals surface area contributed by atoms with E-state index in [1.165, 1.54) is 0 Å². The van der Waals surface area contributed by atoms with E-state index in [4.69, 9.17) is 0 Å². The molecular formula is C13H21NO. The second kappa shape index (κ2) is 4.67. The van der Waals surface area contributed by atoms with Gasteiger partial charge in [-0.3, -0.25) is 0 Å². The van der Waals surface area contributed by atoms with Gasteiger partial charge < -0.3 is 10.0 Å². The van der Waals surface area contributed by atoms with E-state index in [2.05, 4.69) is 38.8 Å². The van der Waals surface area contributed by atoms with Gasteiger partial charge in [-0.2, -0.15) is 0 Å². The molecule has 0 aromatic heterocycles. The van der Waals surface area contributed by atoms with Crippen LogP contribution in [-0.2, 0) is 6.61 Å². The van der Waals surface area contributed by atoms with Gasteiger partial charge in [0.05, 0.1) is 6.61 Å². The van der Waals surface area contributed by atoms with E-state index in [0.717, 1.165) is 17.7 Å². The minimum Gasteiger partial charge on any atom is -0.392 e. The first-order chi connectivity index (χ1) is 7.03. The molecule has 84 valence electrons. The summed E-state index contributed by atoms with van der Waals surface area (Å²) in [6.45, 7) is 6.70. The maximum atomic E-state index is 9.28. The Morgan fingerprint density at radius 2 is 1.87 bits per heavy atom. The Morgan fingerprint density at radius 1 is 1.27 bits per heavy atom. The zero-order valence-corrected chi connectivity index (χ0v) is 10.1. The molecule has 1 aromatic rings. The van der Waals surface area contributed by atoms with Crippen molar-refractivity contribution in [3.63, 3.8) is 0 Å². The summed E-state index contributed by atoms with van der Waals surface area (Å²) < 4.78 is 0. The maximum Gasteiger partial charge on any atom is 0.0702 e. The number of hydrogen-bond acceptors (Lipinski definition) is 2. The van der Waals surface area contributed by atoms with Crippen LogP contribution in [0.4, 0.5) is 5.69 Å². The standard InChI is InChI=1S/C13H21NO/c1-5-13(2,3)14(4)12-9-7-6-8-11(12)10-15/h6-9,15H,5,10H2,1-4H3. The number of aliphatic hydroxyl groups excluding tert-OH is 1. The van der Waals surface area contributed by atoms with Gasteiger partial charge in [0.25, 0.3) is 0 Å². The van der Waals surface area contributed by atoms with Crippen molar-refractivity contribution in [1.82, 2.24) is 0 Å². The summed E-state index contributed by atoms with van der Waals surface area (Å²) in [5.41, 5.74) is 2.22. The first-order valence-corrected chi connectivity index (χ1v) is 5.45. The van der Waals surface area contributed by atoms with Gasteiger partial charge in [0.1, 0.15) is 0 Å². The van der Waals surface area contributed by atoms with Gasteiger partial charge in [0.15, 0.2) is 0 Å². The van der Waals surface area contributed by atoms with E-state index in [0.29, 0.717) is 0 Å². The topological polar surface area (TPSA) is 23.5 Å². The van der Waals surface area contributed by atoms with Crippen LogP contribution in [0.1, 0.15) is 32.8 Å². The minimum absolute atomic E-state index is 0.0975. The molecule has 0 fully saturated rings.